The lowest BCUT2D eigenvalue weighted by molar-refractivity contribution is 0.660. The van der Waals surface area contributed by atoms with Gasteiger partial charge in [0.15, 0.2) is 0 Å². The third-order valence-corrected chi connectivity index (χ3v) is 15.0. The van der Waals surface area contributed by atoms with Gasteiger partial charge in [0.2, 0.25) is 0 Å². The smallest absolute Gasteiger partial charge is 0.0546 e. The van der Waals surface area contributed by atoms with Gasteiger partial charge < -0.3 is 4.90 Å². The summed E-state index contributed by atoms with van der Waals surface area (Å²) in [4.78, 5) is 2.49. The van der Waals surface area contributed by atoms with Gasteiger partial charge in [-0.3, -0.25) is 0 Å². The summed E-state index contributed by atoms with van der Waals surface area (Å²) in [6.45, 7) is 4.70. The zero-order chi connectivity index (χ0) is 41.1. The van der Waals surface area contributed by atoms with Gasteiger partial charge in [-0.05, 0) is 144 Å². The van der Waals surface area contributed by atoms with Crippen molar-refractivity contribution >= 4 is 54.1 Å². The molecular formula is C60H41NS. The Morgan fingerprint density at radius 1 is 0.419 bits per heavy atom. The Morgan fingerprint density at radius 3 is 1.81 bits per heavy atom. The normalized spacial score (nSPS) is 13.8. The van der Waals surface area contributed by atoms with E-state index in [2.05, 4.69) is 219 Å². The lowest BCUT2D eigenvalue weighted by atomic mass is 9.82. The Balaban J connectivity index is 0.972. The average molecular weight is 808 g/mol. The summed E-state index contributed by atoms with van der Waals surface area (Å²) in [6.07, 6.45) is 3.35. The van der Waals surface area contributed by atoms with Crippen molar-refractivity contribution in [3.8, 4) is 55.6 Å². The van der Waals surface area contributed by atoms with Crippen LogP contribution in [0.1, 0.15) is 41.7 Å². The van der Waals surface area contributed by atoms with Crippen molar-refractivity contribution in [3.05, 3.63) is 228 Å². The van der Waals surface area contributed by atoms with E-state index in [9.17, 15) is 0 Å². The summed E-state index contributed by atoms with van der Waals surface area (Å²) in [6, 6.07) is 72.8. The fourth-order valence-corrected chi connectivity index (χ4v) is 11.9. The minimum atomic E-state index is -0.0144. The van der Waals surface area contributed by atoms with Crippen LogP contribution in [0.3, 0.4) is 0 Å². The van der Waals surface area contributed by atoms with Gasteiger partial charge in [0.25, 0.3) is 0 Å². The summed E-state index contributed by atoms with van der Waals surface area (Å²) < 4.78 is 2.66. The van der Waals surface area contributed by atoms with E-state index in [0.717, 1.165) is 17.8 Å². The van der Waals surface area contributed by atoms with Gasteiger partial charge in [0.1, 0.15) is 0 Å². The number of fused-ring (bicyclic) bond motifs is 11. The van der Waals surface area contributed by atoms with Gasteiger partial charge in [0.05, 0.1) is 5.69 Å². The van der Waals surface area contributed by atoms with Crippen LogP contribution in [0.25, 0.3) is 81.4 Å². The minimum Gasteiger partial charge on any atom is -0.310 e. The number of hydrogen-bond acceptors (Lipinski definition) is 2. The second-order valence-corrected chi connectivity index (χ2v) is 18.7. The van der Waals surface area contributed by atoms with Crippen LogP contribution in [0.4, 0.5) is 17.1 Å². The third-order valence-electron chi connectivity index (χ3n) is 13.9. The number of anilines is 3. The number of benzene rings is 9. The Hall–Kier alpha value is -7.26. The first-order valence-electron chi connectivity index (χ1n) is 21.7. The van der Waals surface area contributed by atoms with Crippen LogP contribution >= 0.6 is 11.3 Å². The van der Waals surface area contributed by atoms with E-state index in [-0.39, 0.29) is 5.41 Å². The molecule has 0 saturated carbocycles. The molecule has 1 heterocycles. The van der Waals surface area contributed by atoms with Crippen LogP contribution in [-0.2, 0) is 11.8 Å². The van der Waals surface area contributed by atoms with Crippen LogP contribution in [0.2, 0.25) is 0 Å². The topological polar surface area (TPSA) is 3.24 Å². The Labute approximate surface area is 366 Å². The predicted molar refractivity (Wildman–Crippen MR) is 264 cm³/mol. The van der Waals surface area contributed by atoms with Gasteiger partial charge >= 0.3 is 0 Å². The molecule has 13 rings (SSSR count). The zero-order valence-electron chi connectivity index (χ0n) is 34.6. The number of allylic oxidation sites excluding steroid dienone is 1. The molecule has 0 bridgehead atoms. The predicted octanol–water partition coefficient (Wildman–Crippen LogP) is 16.8. The highest BCUT2D eigenvalue weighted by Crippen LogP contribution is 2.55. The number of nitrogens with zero attached hydrogens (tertiary/aromatic N) is 1. The molecule has 0 N–H and O–H groups in total. The van der Waals surface area contributed by atoms with E-state index in [1.54, 1.807) is 0 Å². The molecule has 1 aromatic heterocycles. The number of rotatable bonds is 5. The summed E-state index contributed by atoms with van der Waals surface area (Å²) in [7, 11) is 0. The number of hydrogen-bond donors (Lipinski definition) is 0. The first kappa shape index (κ1) is 35.5. The molecule has 0 radical (unpaired) electrons. The second-order valence-electron chi connectivity index (χ2n) is 17.6. The van der Waals surface area contributed by atoms with Crippen molar-refractivity contribution < 1.29 is 0 Å². The van der Waals surface area contributed by atoms with Gasteiger partial charge in [-0.25, -0.2) is 0 Å². The van der Waals surface area contributed by atoms with Crippen LogP contribution in [0.15, 0.2) is 200 Å². The molecular weight excluding hydrogens is 767 g/mol. The molecule has 0 fully saturated rings. The van der Waals surface area contributed by atoms with Gasteiger partial charge in [0, 0.05) is 42.5 Å². The van der Waals surface area contributed by atoms with Crippen molar-refractivity contribution in [2.24, 2.45) is 0 Å². The quantitative estimate of drug-likeness (QED) is 0.167. The zero-order valence-corrected chi connectivity index (χ0v) is 35.4. The first-order valence-corrected chi connectivity index (χ1v) is 22.5. The molecule has 0 saturated heterocycles. The summed E-state index contributed by atoms with van der Waals surface area (Å²) in [5.74, 6) is 0. The summed E-state index contributed by atoms with van der Waals surface area (Å²) in [5.41, 5.74) is 24.4. The molecule has 0 spiro atoms. The molecule has 3 aliphatic rings. The van der Waals surface area contributed by atoms with E-state index >= 15 is 0 Å². The average Bonchev–Trinajstić information content (AvgIpc) is 3.88. The van der Waals surface area contributed by atoms with Crippen LogP contribution < -0.4 is 4.90 Å². The molecule has 0 amide bonds. The van der Waals surface area contributed by atoms with Crippen molar-refractivity contribution in [2.75, 3.05) is 4.90 Å². The van der Waals surface area contributed by atoms with E-state index in [0.29, 0.717) is 0 Å². The maximum atomic E-state index is 2.49. The fraction of sp³-hybridized carbons (Fsp3) is 0.0667. The molecule has 0 atom stereocenters. The Bertz CT molecular complexity index is 3510. The molecule has 0 unspecified atom stereocenters. The van der Waals surface area contributed by atoms with Crippen molar-refractivity contribution in [2.45, 2.75) is 25.7 Å². The molecule has 9 aromatic carbocycles. The Kier molecular flexibility index (Phi) is 7.65. The highest BCUT2D eigenvalue weighted by molar-refractivity contribution is 7.25. The Morgan fingerprint density at radius 2 is 1.02 bits per heavy atom. The van der Waals surface area contributed by atoms with E-state index < -0.39 is 0 Å². The van der Waals surface area contributed by atoms with Crippen molar-refractivity contribution in [1.29, 1.82) is 0 Å². The van der Waals surface area contributed by atoms with Crippen LogP contribution in [-0.4, -0.2) is 0 Å². The lowest BCUT2D eigenvalue weighted by Crippen LogP contribution is -2.14. The highest BCUT2D eigenvalue weighted by Gasteiger charge is 2.36. The summed E-state index contributed by atoms with van der Waals surface area (Å²) in [5, 5.41) is 2.65. The molecule has 10 aromatic rings. The maximum absolute atomic E-state index is 2.49. The lowest BCUT2D eigenvalue weighted by Gasteiger charge is -2.30. The van der Waals surface area contributed by atoms with Gasteiger partial charge in [-0.15, -0.1) is 11.3 Å². The summed E-state index contributed by atoms with van der Waals surface area (Å²) >= 11 is 1.87. The minimum absolute atomic E-state index is 0.0144. The largest absolute Gasteiger partial charge is 0.310 e. The molecule has 292 valence electrons. The fourth-order valence-electron chi connectivity index (χ4n) is 10.8. The SMILES string of the molecule is CC1(C)c2ccccc2-c2cc(-c3ccc(N(c4ccc(-c5ccc6sc7ccccc7c6c5)cc4)c4ccc5c6c4-c4ccccc4CC=C6c4ccccc4-5)cc3)ccc21. The van der Waals surface area contributed by atoms with Crippen molar-refractivity contribution in [3.63, 3.8) is 0 Å². The van der Waals surface area contributed by atoms with Crippen molar-refractivity contribution in [1.82, 2.24) is 0 Å². The van der Waals surface area contributed by atoms with E-state index in [1.807, 2.05) is 11.3 Å². The second kappa shape index (κ2) is 13.4. The van der Waals surface area contributed by atoms with Crippen LogP contribution in [0.5, 0.6) is 0 Å². The van der Waals surface area contributed by atoms with Gasteiger partial charge in [-0.2, -0.15) is 0 Å². The molecule has 0 aliphatic heterocycles. The third kappa shape index (κ3) is 5.20. The molecule has 62 heavy (non-hydrogen) atoms. The van der Waals surface area contributed by atoms with Gasteiger partial charge in [-0.1, -0.05) is 159 Å². The maximum Gasteiger partial charge on any atom is 0.0546 e. The molecule has 1 nitrogen and oxygen atoms in total. The molecule has 2 heteroatoms. The van der Waals surface area contributed by atoms with E-state index in [1.165, 1.54) is 115 Å². The standard InChI is InChI=1S/C60H41NS/c1-60(2)53-17-9-7-15-47(53)51-35-40(24-32-54(51)60)37-19-26-42(27-20-37)61(43-28-21-38(22-29-43)41-25-34-57-52(36-41)48-16-8-10-18-56(48)62-57)55-33-31-50-46-14-6-5-13-45(46)49-30-23-39-11-3-4-12-44(39)59(55)58(49)50/h3-22,24-36H,23H2,1-2H3. The number of thiophene rings is 1. The van der Waals surface area contributed by atoms with E-state index in [4.69, 9.17) is 0 Å². The monoisotopic (exact) mass is 807 g/mol. The molecule has 3 aliphatic carbocycles. The van der Waals surface area contributed by atoms with Crippen LogP contribution in [0, 0.1) is 0 Å². The highest BCUT2D eigenvalue weighted by atomic mass is 32.1. The first-order chi connectivity index (χ1) is 30.5.